The second-order valence-electron chi connectivity index (χ2n) is 5.47. The molecule has 1 nitrogen and oxygen atoms in total. The summed E-state index contributed by atoms with van der Waals surface area (Å²) in [5, 5.41) is 3.47. The van der Waals surface area contributed by atoms with Gasteiger partial charge >= 0.3 is 0 Å². The second-order valence-corrected chi connectivity index (χ2v) is 6.32. The summed E-state index contributed by atoms with van der Waals surface area (Å²) in [4.78, 5) is 0. The molecule has 2 rings (SSSR count). The number of rotatable bonds is 3. The van der Waals surface area contributed by atoms with Crippen molar-refractivity contribution in [3.05, 3.63) is 68.2 Å². The Balaban J connectivity index is 2.58. The summed E-state index contributed by atoms with van der Waals surface area (Å²) in [7, 11) is 2.03. The Morgan fingerprint density at radius 2 is 1.60 bits per heavy atom. The van der Waals surface area contributed by atoms with Crippen molar-refractivity contribution in [3.8, 4) is 0 Å². The van der Waals surface area contributed by atoms with Crippen molar-refractivity contribution in [1.82, 2.24) is 5.32 Å². The van der Waals surface area contributed by atoms with E-state index in [1.165, 1.54) is 37.9 Å². The van der Waals surface area contributed by atoms with Gasteiger partial charge in [-0.2, -0.15) is 0 Å². The van der Waals surface area contributed by atoms with Crippen molar-refractivity contribution in [3.63, 3.8) is 0 Å². The minimum absolute atomic E-state index is 0.238. The summed E-state index contributed by atoms with van der Waals surface area (Å²) in [6.45, 7) is 8.69. The number of hydrogen-bond donors (Lipinski definition) is 1. The van der Waals surface area contributed by atoms with Crippen LogP contribution in [-0.2, 0) is 0 Å². The second kappa shape index (κ2) is 6.11. The first-order valence-corrected chi connectivity index (χ1v) is 7.75. The molecule has 0 aliphatic rings. The van der Waals surface area contributed by atoms with Crippen LogP contribution in [0.1, 0.15) is 39.4 Å². The fourth-order valence-electron chi connectivity index (χ4n) is 2.68. The predicted octanol–water partition coefficient (Wildman–Crippen LogP) is 4.99. The summed E-state index contributed by atoms with van der Waals surface area (Å²) in [5.41, 5.74) is 8.00. The molecule has 1 unspecified atom stereocenters. The average Bonchev–Trinajstić information content (AvgIpc) is 2.41. The highest BCUT2D eigenvalue weighted by atomic mass is 79.9. The largest absolute Gasteiger partial charge is 0.309 e. The van der Waals surface area contributed by atoms with Gasteiger partial charge in [0, 0.05) is 4.47 Å². The van der Waals surface area contributed by atoms with Crippen molar-refractivity contribution in [1.29, 1.82) is 0 Å². The van der Waals surface area contributed by atoms with Gasteiger partial charge < -0.3 is 5.32 Å². The molecule has 1 atom stereocenters. The van der Waals surface area contributed by atoms with Crippen molar-refractivity contribution in [2.24, 2.45) is 0 Å². The van der Waals surface area contributed by atoms with E-state index >= 15 is 0 Å². The minimum atomic E-state index is 0.238. The van der Waals surface area contributed by atoms with Gasteiger partial charge in [-0.25, -0.2) is 0 Å². The molecular weight excluding hydrogens is 310 g/mol. The first-order chi connectivity index (χ1) is 9.45. The van der Waals surface area contributed by atoms with Crippen LogP contribution < -0.4 is 5.32 Å². The standard InChI is InChI=1S/C18H22BrN/c1-11-7-6-8-15(14(11)4)18(20-5)16-9-13(3)17(19)10-12(16)2/h6-10,18,20H,1-5H3. The Kier molecular flexibility index (Phi) is 4.66. The lowest BCUT2D eigenvalue weighted by Gasteiger charge is -2.23. The van der Waals surface area contributed by atoms with Crippen molar-refractivity contribution in [2.45, 2.75) is 33.7 Å². The molecule has 2 aromatic carbocycles. The van der Waals surface area contributed by atoms with Gasteiger partial charge in [-0.1, -0.05) is 40.2 Å². The number of aryl methyl sites for hydroxylation is 3. The molecule has 2 heteroatoms. The van der Waals surface area contributed by atoms with E-state index in [1.807, 2.05) is 7.05 Å². The summed E-state index contributed by atoms with van der Waals surface area (Å²) >= 11 is 3.61. The van der Waals surface area contributed by atoms with E-state index in [0.29, 0.717) is 0 Å². The molecule has 20 heavy (non-hydrogen) atoms. The van der Waals surface area contributed by atoms with E-state index in [9.17, 15) is 0 Å². The first-order valence-electron chi connectivity index (χ1n) is 6.95. The van der Waals surface area contributed by atoms with Crippen LogP contribution in [0.25, 0.3) is 0 Å². The third-order valence-corrected chi connectivity index (χ3v) is 4.96. The first kappa shape index (κ1) is 15.3. The summed E-state index contributed by atoms with van der Waals surface area (Å²) in [6.07, 6.45) is 0. The third-order valence-electron chi connectivity index (χ3n) is 4.10. The number of nitrogens with one attached hydrogen (secondary N) is 1. The van der Waals surface area contributed by atoms with Crippen LogP contribution in [0.3, 0.4) is 0 Å². The van der Waals surface area contributed by atoms with Crippen LogP contribution in [0.5, 0.6) is 0 Å². The maximum Gasteiger partial charge on any atom is 0.0579 e. The van der Waals surface area contributed by atoms with Crippen LogP contribution in [0.4, 0.5) is 0 Å². The smallest absolute Gasteiger partial charge is 0.0579 e. The molecule has 0 saturated heterocycles. The molecule has 1 N–H and O–H groups in total. The molecule has 106 valence electrons. The molecule has 0 fully saturated rings. The van der Waals surface area contributed by atoms with Gasteiger partial charge in [-0.05, 0) is 74.2 Å². The quantitative estimate of drug-likeness (QED) is 0.835. The maximum absolute atomic E-state index is 3.61. The number of benzene rings is 2. The van der Waals surface area contributed by atoms with E-state index in [4.69, 9.17) is 0 Å². The van der Waals surface area contributed by atoms with Gasteiger partial charge in [0.25, 0.3) is 0 Å². The molecule has 0 radical (unpaired) electrons. The van der Waals surface area contributed by atoms with Gasteiger partial charge in [-0.15, -0.1) is 0 Å². The normalized spacial score (nSPS) is 12.5. The summed E-state index contributed by atoms with van der Waals surface area (Å²) in [5.74, 6) is 0. The fourth-order valence-corrected chi connectivity index (χ4v) is 3.14. The van der Waals surface area contributed by atoms with E-state index in [0.717, 1.165) is 0 Å². The lowest BCUT2D eigenvalue weighted by Crippen LogP contribution is -2.20. The third kappa shape index (κ3) is 2.82. The Morgan fingerprint density at radius 3 is 2.25 bits per heavy atom. The Morgan fingerprint density at radius 1 is 0.900 bits per heavy atom. The zero-order valence-corrected chi connectivity index (χ0v) is 14.4. The van der Waals surface area contributed by atoms with Crippen LogP contribution in [-0.4, -0.2) is 7.05 Å². The van der Waals surface area contributed by atoms with Gasteiger partial charge in [0.1, 0.15) is 0 Å². The monoisotopic (exact) mass is 331 g/mol. The Hall–Kier alpha value is -1.12. The highest BCUT2D eigenvalue weighted by molar-refractivity contribution is 9.10. The zero-order chi connectivity index (χ0) is 14.9. The van der Waals surface area contributed by atoms with Crippen molar-refractivity contribution >= 4 is 15.9 Å². The van der Waals surface area contributed by atoms with Gasteiger partial charge in [0.15, 0.2) is 0 Å². The maximum atomic E-state index is 3.61. The van der Waals surface area contributed by atoms with Gasteiger partial charge in [0.05, 0.1) is 6.04 Å². The molecule has 0 saturated carbocycles. The molecule has 2 aromatic rings. The highest BCUT2D eigenvalue weighted by Gasteiger charge is 2.17. The van der Waals surface area contributed by atoms with E-state index in [2.05, 4.69) is 79.3 Å². The topological polar surface area (TPSA) is 12.0 Å². The molecule has 0 heterocycles. The highest BCUT2D eigenvalue weighted by Crippen LogP contribution is 2.31. The van der Waals surface area contributed by atoms with Crippen LogP contribution in [0, 0.1) is 27.7 Å². The number of hydrogen-bond acceptors (Lipinski definition) is 1. The van der Waals surface area contributed by atoms with Gasteiger partial charge in [0.2, 0.25) is 0 Å². The summed E-state index contributed by atoms with van der Waals surface area (Å²) in [6, 6.07) is 11.3. The molecular formula is C18H22BrN. The lowest BCUT2D eigenvalue weighted by molar-refractivity contribution is 0.682. The van der Waals surface area contributed by atoms with Crippen molar-refractivity contribution in [2.75, 3.05) is 7.05 Å². The zero-order valence-electron chi connectivity index (χ0n) is 12.8. The minimum Gasteiger partial charge on any atom is -0.309 e. The van der Waals surface area contributed by atoms with E-state index in [1.54, 1.807) is 0 Å². The van der Waals surface area contributed by atoms with Crippen LogP contribution >= 0.6 is 15.9 Å². The Labute approximate surface area is 130 Å². The molecule has 0 aromatic heterocycles. The lowest BCUT2D eigenvalue weighted by atomic mass is 9.90. The average molecular weight is 332 g/mol. The molecule has 0 aliphatic heterocycles. The molecule has 0 amide bonds. The van der Waals surface area contributed by atoms with Crippen LogP contribution in [0.2, 0.25) is 0 Å². The van der Waals surface area contributed by atoms with Gasteiger partial charge in [-0.3, -0.25) is 0 Å². The SMILES string of the molecule is CNC(c1cc(C)c(Br)cc1C)c1cccc(C)c1C. The summed E-state index contributed by atoms with van der Waals surface area (Å²) < 4.78 is 1.18. The Bertz CT molecular complexity index is 632. The molecule has 0 spiro atoms. The molecule has 0 aliphatic carbocycles. The molecule has 0 bridgehead atoms. The number of halogens is 1. The van der Waals surface area contributed by atoms with E-state index in [-0.39, 0.29) is 6.04 Å². The van der Waals surface area contributed by atoms with Crippen LogP contribution in [0.15, 0.2) is 34.8 Å². The predicted molar refractivity (Wildman–Crippen MR) is 90.4 cm³/mol. The van der Waals surface area contributed by atoms with E-state index < -0.39 is 0 Å². The van der Waals surface area contributed by atoms with Crippen molar-refractivity contribution < 1.29 is 0 Å². The fraction of sp³-hybridized carbons (Fsp3) is 0.333.